The molecule has 0 aliphatic carbocycles. The van der Waals surface area contributed by atoms with Crippen molar-refractivity contribution in [1.29, 1.82) is 0 Å². The molecule has 0 bridgehead atoms. The lowest BCUT2D eigenvalue weighted by Gasteiger charge is -2.47. The molecule has 72 heavy (non-hydrogen) atoms. The number of imide groups is 1. The Bertz CT molecular complexity index is 2640. The van der Waals surface area contributed by atoms with E-state index < -0.39 is 79.6 Å². The molecule has 1 aromatic heterocycles. The molecule has 2 aliphatic heterocycles. The monoisotopic (exact) mass is 1050 g/mol. The van der Waals surface area contributed by atoms with Gasteiger partial charge in [-0.3, -0.25) is 0 Å². The van der Waals surface area contributed by atoms with Crippen LogP contribution < -0.4 is 20.7 Å². The summed E-state index contributed by atoms with van der Waals surface area (Å²) in [5.74, 6) is -0.607. The molecule has 5 aromatic rings. The molecule has 5 atom stereocenters. The molecule has 11 nitrogen and oxygen atoms in total. The molecule has 16 heteroatoms. The first-order valence-electron chi connectivity index (χ1n) is 24.5. The Balaban J connectivity index is 1.38. The Morgan fingerprint density at radius 1 is 0.722 bits per heavy atom. The van der Waals surface area contributed by atoms with E-state index >= 15 is 4.39 Å². The number of alkyl halides is 2. The van der Waals surface area contributed by atoms with Crippen molar-refractivity contribution < 1.29 is 37.0 Å². The topological polar surface area (TPSA) is 114 Å². The number of carbonyl (C=O) groups excluding carboxylic acids is 2. The summed E-state index contributed by atoms with van der Waals surface area (Å²) in [4.78, 5) is 37.5. The third-order valence-electron chi connectivity index (χ3n) is 12.9. The highest BCUT2D eigenvalue weighted by Gasteiger charge is 2.64. The molecule has 0 saturated carbocycles. The van der Waals surface area contributed by atoms with Crippen LogP contribution in [-0.4, -0.2) is 83.6 Å². The van der Waals surface area contributed by atoms with E-state index in [9.17, 15) is 9.59 Å². The number of nitrogens with zero attached hydrogens (tertiary/aromatic N) is 4. The fraction of sp³-hybridized carbons (Fsp3) is 0.429. The van der Waals surface area contributed by atoms with Gasteiger partial charge in [-0.2, -0.15) is 4.90 Å². The number of hydrogen-bond donors (Lipinski definition) is 0. The Kier molecular flexibility index (Phi) is 15.8. The predicted molar refractivity (Wildman–Crippen MR) is 290 cm³/mol. The van der Waals surface area contributed by atoms with Crippen LogP contribution in [0.2, 0.25) is 10.1 Å². The van der Waals surface area contributed by atoms with Crippen LogP contribution in [0.3, 0.4) is 0 Å². The smallest absolute Gasteiger partial charge is 0.425 e. The molecular weight excluding hydrogens is 987 g/mol. The number of aromatic nitrogens is 2. The van der Waals surface area contributed by atoms with Crippen LogP contribution in [0, 0.1) is 0 Å². The van der Waals surface area contributed by atoms with Crippen LogP contribution in [0.5, 0.6) is 0 Å². The SMILES string of the molecule is CC1C/C=C(N(C(=O)OC(C)(C)C)C(=O)OC(C)(C)C)/N=C(/Cl)c2ncn([C@@H]3O[C@H](CO[Si](c4ccccc4)(c4ccccc4)C(C)(C)C)C(O[Si](c4ccccc4)(c4ccccc4)C(C)(C)C)[C@]3(F)Cl)c21. The summed E-state index contributed by atoms with van der Waals surface area (Å²) in [5, 5.41) is 0.0431. The summed E-state index contributed by atoms with van der Waals surface area (Å²) < 4.78 is 54.2. The van der Waals surface area contributed by atoms with Gasteiger partial charge in [0, 0.05) is 5.92 Å². The van der Waals surface area contributed by atoms with Crippen molar-refractivity contribution in [2.75, 3.05) is 6.61 Å². The van der Waals surface area contributed by atoms with Crippen molar-refractivity contribution in [3.63, 3.8) is 0 Å². The third kappa shape index (κ3) is 11.0. The van der Waals surface area contributed by atoms with Gasteiger partial charge in [0.25, 0.3) is 21.8 Å². The molecular formula is C56H69Cl2FN4O7Si2. The van der Waals surface area contributed by atoms with E-state index in [1.54, 1.807) is 52.2 Å². The number of benzene rings is 4. The minimum absolute atomic E-state index is 0.0864. The van der Waals surface area contributed by atoms with E-state index in [1.165, 1.54) is 6.33 Å². The first kappa shape index (κ1) is 54.8. The maximum absolute atomic E-state index is 19.1. The van der Waals surface area contributed by atoms with Gasteiger partial charge in [0.2, 0.25) is 0 Å². The lowest BCUT2D eigenvalue weighted by Crippen LogP contribution is -2.70. The van der Waals surface area contributed by atoms with Crippen LogP contribution in [0.4, 0.5) is 14.0 Å². The van der Waals surface area contributed by atoms with Gasteiger partial charge >= 0.3 is 12.2 Å². The average molecular weight is 1060 g/mol. The van der Waals surface area contributed by atoms with Crippen molar-refractivity contribution in [2.24, 2.45) is 4.99 Å². The summed E-state index contributed by atoms with van der Waals surface area (Å²) in [6.45, 7) is 24.9. The van der Waals surface area contributed by atoms with E-state index in [-0.39, 0.29) is 29.7 Å². The molecule has 0 spiro atoms. The van der Waals surface area contributed by atoms with Gasteiger partial charge in [-0.1, -0.05) is 193 Å². The van der Waals surface area contributed by atoms with E-state index in [4.69, 9.17) is 51.2 Å². The van der Waals surface area contributed by atoms with E-state index in [0.29, 0.717) is 5.69 Å². The Hall–Kier alpha value is -4.94. The zero-order valence-corrected chi connectivity index (χ0v) is 47.2. The average Bonchev–Trinajstić information content (AvgIpc) is 3.83. The lowest BCUT2D eigenvalue weighted by molar-refractivity contribution is -0.0475. The summed E-state index contributed by atoms with van der Waals surface area (Å²) in [6, 6.07) is 40.5. The normalized spacial score (nSPS) is 22.6. The first-order chi connectivity index (χ1) is 33.6. The summed E-state index contributed by atoms with van der Waals surface area (Å²) in [6.07, 6.45) is -2.81. The fourth-order valence-corrected chi connectivity index (χ4v) is 19.9. The quantitative estimate of drug-likeness (QED) is 0.0949. The number of rotatable bonds is 11. The van der Waals surface area contributed by atoms with Gasteiger partial charge in [0.1, 0.15) is 34.9 Å². The number of ether oxygens (including phenoxy) is 3. The zero-order valence-electron chi connectivity index (χ0n) is 43.7. The van der Waals surface area contributed by atoms with Gasteiger partial charge in [0.05, 0.1) is 18.6 Å². The molecule has 7 rings (SSSR count). The van der Waals surface area contributed by atoms with E-state index in [0.717, 1.165) is 25.6 Å². The first-order valence-corrected chi connectivity index (χ1v) is 29.0. The van der Waals surface area contributed by atoms with Crippen molar-refractivity contribution in [3.8, 4) is 0 Å². The molecule has 4 aromatic carbocycles. The van der Waals surface area contributed by atoms with Gasteiger partial charge in [-0.25, -0.2) is 24.0 Å². The number of fused-ring (bicyclic) bond motifs is 1. The van der Waals surface area contributed by atoms with Crippen LogP contribution in [0.1, 0.15) is 120 Å². The Morgan fingerprint density at radius 3 is 1.54 bits per heavy atom. The molecule has 0 radical (unpaired) electrons. The largest absolute Gasteiger partial charge is 0.443 e. The van der Waals surface area contributed by atoms with Crippen molar-refractivity contribution >= 4 is 77.9 Å². The van der Waals surface area contributed by atoms with Crippen molar-refractivity contribution in [2.45, 2.75) is 147 Å². The highest BCUT2D eigenvalue weighted by atomic mass is 35.5. The second-order valence-electron chi connectivity index (χ2n) is 22.7. The molecule has 3 heterocycles. The second kappa shape index (κ2) is 20.8. The Morgan fingerprint density at radius 2 is 1.14 bits per heavy atom. The van der Waals surface area contributed by atoms with Gasteiger partial charge < -0.3 is 27.6 Å². The maximum atomic E-state index is 19.1. The predicted octanol–water partition coefficient (Wildman–Crippen LogP) is 11.7. The van der Waals surface area contributed by atoms with Crippen LogP contribution in [0.25, 0.3) is 0 Å². The van der Waals surface area contributed by atoms with Crippen molar-refractivity contribution in [1.82, 2.24) is 14.5 Å². The zero-order chi connectivity index (χ0) is 52.7. The highest BCUT2D eigenvalue weighted by Crippen LogP contribution is 2.51. The van der Waals surface area contributed by atoms with Gasteiger partial charge in [-0.15, -0.1) is 0 Å². The van der Waals surface area contributed by atoms with Crippen LogP contribution in [0.15, 0.2) is 145 Å². The van der Waals surface area contributed by atoms with Crippen LogP contribution in [-0.2, 0) is 23.1 Å². The number of amides is 2. The minimum Gasteiger partial charge on any atom is -0.443 e. The molecule has 2 amide bonds. The molecule has 2 unspecified atom stereocenters. The lowest BCUT2D eigenvalue weighted by atomic mass is 10.00. The van der Waals surface area contributed by atoms with E-state index in [1.807, 2.05) is 79.7 Å². The highest BCUT2D eigenvalue weighted by molar-refractivity contribution is 7.00. The van der Waals surface area contributed by atoms with E-state index in [2.05, 4.69) is 95.1 Å². The number of allylic oxidation sites excluding steroid dienone is 1. The summed E-state index contributed by atoms with van der Waals surface area (Å²) >= 11 is 14.6. The maximum Gasteiger partial charge on any atom is 0.425 e. The summed E-state index contributed by atoms with van der Waals surface area (Å²) in [7, 11) is -6.77. The Labute approximate surface area is 437 Å². The summed E-state index contributed by atoms with van der Waals surface area (Å²) in [5.41, 5.74) is -1.29. The number of aliphatic imine (C=N–C) groups is 1. The third-order valence-corrected chi connectivity index (χ3v) is 23.6. The molecule has 1 fully saturated rings. The van der Waals surface area contributed by atoms with Crippen LogP contribution >= 0.6 is 23.2 Å². The molecule has 0 N–H and O–H groups in total. The van der Waals surface area contributed by atoms with Crippen molar-refractivity contribution in [3.05, 3.63) is 151 Å². The molecule has 2 aliphatic rings. The fourth-order valence-electron chi connectivity index (χ4n) is 9.91. The number of halogens is 3. The standard InChI is InChI=1S/C56H69Cl2FN4O7Si2/c1-38-34-35-44(63(50(64)68-52(2,3)4)51(65)69-53(5,6)7)61-48(57)45-46(38)62(37-60-45)49-56(58,59)47(70-72(55(11,12)13,41-30-22-16-23-31-41)42-32-24-17-25-33-42)43(67-49)36-66-71(54(8,9)10,39-26-18-14-19-27-39)40-28-20-15-21-29-40/h14-33,35,37-38,43,47,49H,34,36H2,1-13H3/b44-35-,61-48+/t38?,43-,47?,49-,56-/m1/s1. The van der Waals surface area contributed by atoms with Gasteiger partial charge in [-0.05, 0) is 84.9 Å². The number of hydrogen-bond acceptors (Lipinski definition) is 9. The van der Waals surface area contributed by atoms with Gasteiger partial charge in [0.15, 0.2) is 11.4 Å². The molecule has 384 valence electrons. The number of carbonyl (C=O) groups is 2. The second-order valence-corrected chi connectivity index (χ2v) is 32.2. The molecule has 1 saturated heterocycles. The minimum atomic E-state index is -3.54. The number of imidazole rings is 1.